The third-order valence-corrected chi connectivity index (χ3v) is 5.85. The zero-order valence-corrected chi connectivity index (χ0v) is 18.9. The predicted molar refractivity (Wildman–Crippen MR) is 125 cm³/mol. The van der Waals surface area contributed by atoms with Crippen molar-refractivity contribution in [2.75, 3.05) is 18.6 Å². The number of amides is 1. The number of rotatable bonds is 7. The molecular formula is C26H22ClNO5. The van der Waals surface area contributed by atoms with Crippen LogP contribution < -0.4 is 14.4 Å². The Morgan fingerprint density at radius 2 is 1.52 bits per heavy atom. The normalized spacial score (nSPS) is 17.8. The molecule has 1 aliphatic heterocycles. The lowest BCUT2D eigenvalue weighted by molar-refractivity contribution is -0.135. The Morgan fingerprint density at radius 3 is 2.09 bits per heavy atom. The molecule has 0 bridgehead atoms. The summed E-state index contributed by atoms with van der Waals surface area (Å²) in [6.45, 7) is 2.37. The lowest BCUT2D eigenvalue weighted by Crippen LogP contribution is -2.30. The number of hydrogen-bond donors (Lipinski definition) is 0. The van der Waals surface area contributed by atoms with Crippen LogP contribution in [0.3, 0.4) is 0 Å². The zero-order valence-electron chi connectivity index (χ0n) is 18.2. The highest BCUT2D eigenvalue weighted by Gasteiger charge is 2.52. The Balaban J connectivity index is 1.78. The molecule has 2 unspecified atom stereocenters. The van der Waals surface area contributed by atoms with Crippen LogP contribution in [0.1, 0.15) is 28.9 Å². The third kappa shape index (κ3) is 4.34. The van der Waals surface area contributed by atoms with Crippen molar-refractivity contribution in [1.29, 1.82) is 0 Å². The highest BCUT2D eigenvalue weighted by molar-refractivity contribution is 6.49. The number of anilines is 1. The monoisotopic (exact) mass is 463 g/mol. The fourth-order valence-corrected chi connectivity index (χ4v) is 4.14. The molecule has 3 aromatic carbocycles. The van der Waals surface area contributed by atoms with Crippen molar-refractivity contribution in [2.45, 2.75) is 13.0 Å². The molecule has 1 aliphatic rings. The molecule has 33 heavy (non-hydrogen) atoms. The van der Waals surface area contributed by atoms with E-state index in [2.05, 4.69) is 0 Å². The molecule has 1 fully saturated rings. The van der Waals surface area contributed by atoms with E-state index < -0.39 is 29.4 Å². The Bertz CT molecular complexity index is 1170. The molecule has 0 saturated carbocycles. The number of carbonyl (C=O) groups excluding carboxylic acids is 3. The van der Waals surface area contributed by atoms with E-state index in [0.29, 0.717) is 39.9 Å². The van der Waals surface area contributed by atoms with Gasteiger partial charge in [0.15, 0.2) is 5.78 Å². The molecule has 3 aromatic rings. The van der Waals surface area contributed by atoms with Gasteiger partial charge in [-0.25, -0.2) is 0 Å². The predicted octanol–water partition coefficient (Wildman–Crippen LogP) is 4.90. The lowest BCUT2D eigenvalue weighted by Gasteiger charge is -2.27. The minimum Gasteiger partial charge on any atom is -0.497 e. The summed E-state index contributed by atoms with van der Waals surface area (Å²) in [5, 5.41) is 0.514. The second-order valence-corrected chi connectivity index (χ2v) is 7.97. The van der Waals surface area contributed by atoms with E-state index in [1.54, 1.807) is 79.9 Å². The number of ketones is 2. The Hall–Kier alpha value is -3.64. The van der Waals surface area contributed by atoms with E-state index in [0.717, 1.165) is 0 Å². The molecule has 0 spiro atoms. The van der Waals surface area contributed by atoms with Gasteiger partial charge in [-0.2, -0.15) is 0 Å². The van der Waals surface area contributed by atoms with Crippen LogP contribution in [0.2, 0.25) is 5.02 Å². The largest absolute Gasteiger partial charge is 0.497 e. The highest BCUT2D eigenvalue weighted by atomic mass is 35.5. The minimum absolute atomic E-state index is 0.333. The van der Waals surface area contributed by atoms with Gasteiger partial charge in [0.05, 0.1) is 19.8 Å². The maximum absolute atomic E-state index is 13.5. The van der Waals surface area contributed by atoms with Crippen molar-refractivity contribution in [3.63, 3.8) is 0 Å². The molecule has 168 valence electrons. The van der Waals surface area contributed by atoms with E-state index in [9.17, 15) is 14.4 Å². The molecule has 1 amide bonds. The standard InChI is InChI=1S/C26H22ClNO5/c1-3-33-21-12-6-17(7-13-21)24(29)22-23(16-4-8-18(27)9-5-16)28(26(31)25(22)30)19-10-14-20(32-2)15-11-19/h4-15,22-23H,3H2,1-2H3. The van der Waals surface area contributed by atoms with E-state index in [1.807, 2.05) is 6.92 Å². The van der Waals surface area contributed by atoms with Crippen LogP contribution in [-0.2, 0) is 9.59 Å². The van der Waals surface area contributed by atoms with Crippen LogP contribution >= 0.6 is 11.6 Å². The van der Waals surface area contributed by atoms with E-state index in [4.69, 9.17) is 21.1 Å². The maximum Gasteiger partial charge on any atom is 0.295 e. The van der Waals surface area contributed by atoms with Gasteiger partial charge in [-0.3, -0.25) is 19.3 Å². The summed E-state index contributed by atoms with van der Waals surface area (Å²) in [5.74, 6) is -1.86. The van der Waals surface area contributed by atoms with Gasteiger partial charge in [-0.15, -0.1) is 0 Å². The summed E-state index contributed by atoms with van der Waals surface area (Å²) in [7, 11) is 1.54. The number of Topliss-reactive ketones (excluding diaryl/α,β-unsaturated/α-hetero) is 2. The first-order valence-corrected chi connectivity index (χ1v) is 10.9. The fraction of sp³-hybridized carbons (Fsp3) is 0.192. The van der Waals surface area contributed by atoms with Gasteiger partial charge < -0.3 is 9.47 Å². The molecule has 7 heteroatoms. The highest BCUT2D eigenvalue weighted by Crippen LogP contribution is 2.42. The molecule has 1 heterocycles. The number of hydrogen-bond acceptors (Lipinski definition) is 5. The van der Waals surface area contributed by atoms with Gasteiger partial charge in [0.25, 0.3) is 5.91 Å². The molecule has 0 aromatic heterocycles. The number of benzene rings is 3. The quantitative estimate of drug-likeness (QED) is 0.283. The van der Waals surface area contributed by atoms with Gasteiger partial charge in [0, 0.05) is 16.3 Å². The zero-order chi connectivity index (χ0) is 23.5. The van der Waals surface area contributed by atoms with Crippen molar-refractivity contribution in [2.24, 2.45) is 5.92 Å². The summed E-state index contributed by atoms with van der Waals surface area (Å²) in [6.07, 6.45) is 0. The van der Waals surface area contributed by atoms with Crippen LogP contribution in [0.15, 0.2) is 72.8 Å². The number of methoxy groups -OCH3 is 1. The molecule has 0 N–H and O–H groups in total. The summed E-state index contributed by atoms with van der Waals surface area (Å²) in [6, 6.07) is 19.4. The van der Waals surface area contributed by atoms with E-state index in [1.165, 1.54) is 4.90 Å². The van der Waals surface area contributed by atoms with Gasteiger partial charge in [-0.05, 0) is 73.2 Å². The molecule has 0 aliphatic carbocycles. The Morgan fingerprint density at radius 1 is 0.909 bits per heavy atom. The minimum atomic E-state index is -1.20. The average Bonchev–Trinajstić information content (AvgIpc) is 3.10. The van der Waals surface area contributed by atoms with Crippen LogP contribution in [0.5, 0.6) is 11.5 Å². The number of halogens is 1. The molecule has 4 rings (SSSR count). The van der Waals surface area contributed by atoms with Crippen LogP contribution in [-0.4, -0.2) is 31.2 Å². The molecular weight excluding hydrogens is 442 g/mol. The summed E-state index contributed by atoms with van der Waals surface area (Å²) >= 11 is 6.06. The van der Waals surface area contributed by atoms with Crippen molar-refractivity contribution >= 4 is 34.8 Å². The maximum atomic E-state index is 13.5. The summed E-state index contributed by atoms with van der Waals surface area (Å²) in [5.41, 5.74) is 1.47. The smallest absolute Gasteiger partial charge is 0.295 e. The first-order valence-electron chi connectivity index (χ1n) is 10.5. The SMILES string of the molecule is CCOc1ccc(C(=O)C2C(=O)C(=O)N(c3ccc(OC)cc3)C2c2ccc(Cl)cc2)cc1. The average molecular weight is 464 g/mol. The van der Waals surface area contributed by atoms with Gasteiger partial charge in [-0.1, -0.05) is 23.7 Å². The number of ether oxygens (including phenoxy) is 2. The van der Waals surface area contributed by atoms with Crippen molar-refractivity contribution in [3.05, 3.63) is 88.9 Å². The molecule has 1 saturated heterocycles. The Kier molecular flexibility index (Phi) is 6.47. The molecule has 6 nitrogen and oxygen atoms in total. The Labute approximate surface area is 196 Å². The lowest BCUT2D eigenvalue weighted by atomic mass is 9.86. The molecule has 2 atom stereocenters. The number of carbonyl (C=O) groups is 3. The van der Waals surface area contributed by atoms with Crippen LogP contribution in [0.25, 0.3) is 0 Å². The van der Waals surface area contributed by atoms with Crippen molar-refractivity contribution in [1.82, 2.24) is 0 Å². The first kappa shape index (κ1) is 22.6. The number of nitrogens with zero attached hydrogens (tertiary/aromatic N) is 1. The van der Waals surface area contributed by atoms with Crippen LogP contribution in [0.4, 0.5) is 5.69 Å². The summed E-state index contributed by atoms with van der Waals surface area (Å²) in [4.78, 5) is 41.2. The van der Waals surface area contributed by atoms with Gasteiger partial charge >= 0.3 is 0 Å². The van der Waals surface area contributed by atoms with Crippen molar-refractivity contribution < 1.29 is 23.9 Å². The second-order valence-electron chi connectivity index (χ2n) is 7.53. The van der Waals surface area contributed by atoms with Gasteiger partial charge in [0.1, 0.15) is 17.4 Å². The summed E-state index contributed by atoms with van der Waals surface area (Å²) < 4.78 is 10.6. The van der Waals surface area contributed by atoms with Crippen molar-refractivity contribution in [3.8, 4) is 11.5 Å². The first-order chi connectivity index (χ1) is 15.9. The fourth-order valence-electron chi connectivity index (χ4n) is 4.02. The molecule has 0 radical (unpaired) electrons. The topological polar surface area (TPSA) is 72.9 Å². The van der Waals surface area contributed by atoms with E-state index in [-0.39, 0.29) is 0 Å². The second kappa shape index (κ2) is 9.46. The third-order valence-electron chi connectivity index (χ3n) is 5.60. The van der Waals surface area contributed by atoms with Gasteiger partial charge in [0.2, 0.25) is 5.78 Å². The van der Waals surface area contributed by atoms with Crippen LogP contribution in [0, 0.1) is 5.92 Å². The van der Waals surface area contributed by atoms with E-state index >= 15 is 0 Å².